The van der Waals surface area contributed by atoms with Gasteiger partial charge >= 0.3 is 0 Å². The van der Waals surface area contributed by atoms with Crippen molar-refractivity contribution in [2.45, 2.75) is 31.1 Å². The first-order chi connectivity index (χ1) is 13.5. The third-order valence-corrected chi connectivity index (χ3v) is 5.92. The van der Waals surface area contributed by atoms with E-state index in [4.69, 9.17) is 10.5 Å². The Kier molecular flexibility index (Phi) is 5.35. The fourth-order valence-electron chi connectivity index (χ4n) is 2.87. The molecule has 0 aromatic carbocycles. The Hall–Kier alpha value is -2.03. The first-order valence-corrected chi connectivity index (χ1v) is 9.88. The number of aromatic nitrogens is 4. The van der Waals surface area contributed by atoms with Gasteiger partial charge in [0.05, 0.1) is 19.5 Å². The van der Waals surface area contributed by atoms with E-state index in [9.17, 15) is 15.3 Å². The van der Waals surface area contributed by atoms with E-state index in [2.05, 4.69) is 41.1 Å². The topological polar surface area (TPSA) is 164 Å². The van der Waals surface area contributed by atoms with E-state index in [0.29, 0.717) is 12.1 Å². The first-order valence-electron chi connectivity index (χ1n) is 8.21. The minimum absolute atomic E-state index is 0.0362. The molecule has 1 saturated heterocycles. The lowest BCUT2D eigenvalue weighted by Crippen LogP contribution is -2.33. The average Bonchev–Trinajstić information content (AvgIpc) is 3.35. The predicted octanol–water partition coefficient (Wildman–Crippen LogP) is 1.13. The number of azo groups is 1. The molecule has 13 heteroatoms. The highest BCUT2D eigenvalue weighted by molar-refractivity contribution is 9.10. The largest absolute Gasteiger partial charge is 0.394 e. The molecule has 0 spiro atoms. The number of nitrogens with two attached hydrogens (primary N) is 1. The second-order valence-corrected chi connectivity index (χ2v) is 8.00. The second-order valence-electron chi connectivity index (χ2n) is 6.09. The smallest absolute Gasteiger partial charge is 0.272 e. The Morgan fingerprint density at radius 3 is 2.82 bits per heavy atom. The standard InChI is InChI=1S/C15H16BrN7O4S/c16-6-1-7(28-4-6)2-19-22-15-20-12(17)9-13(21-15)23(5-18-9)14-11(26)10(25)8(3-24)27-14/h1,4-5,8,10-11,14,24-26H,2-3H2,(H2,17,20,21)/t8-,10-,11-,14?/m1/s1. The number of hydrogen-bond acceptors (Lipinski definition) is 11. The highest BCUT2D eigenvalue weighted by Crippen LogP contribution is 2.32. The molecule has 1 fully saturated rings. The Balaban J connectivity index is 1.63. The van der Waals surface area contributed by atoms with Crippen molar-refractivity contribution >= 4 is 50.2 Å². The van der Waals surface area contributed by atoms with Gasteiger partial charge in [-0.15, -0.1) is 16.5 Å². The monoisotopic (exact) mass is 469 g/mol. The third-order valence-electron chi connectivity index (χ3n) is 4.24. The number of anilines is 1. The molecule has 4 rings (SSSR count). The van der Waals surface area contributed by atoms with Crippen molar-refractivity contribution in [3.8, 4) is 0 Å². The Morgan fingerprint density at radius 1 is 1.32 bits per heavy atom. The van der Waals surface area contributed by atoms with E-state index in [1.165, 1.54) is 10.9 Å². The Labute approximate surface area is 170 Å². The highest BCUT2D eigenvalue weighted by Gasteiger charge is 2.44. The van der Waals surface area contributed by atoms with Crippen LogP contribution in [0.25, 0.3) is 11.2 Å². The summed E-state index contributed by atoms with van der Waals surface area (Å²) in [5, 5.41) is 39.5. The molecule has 1 aliphatic rings. The number of halogens is 1. The molecule has 148 valence electrons. The number of aliphatic hydroxyl groups excluding tert-OH is 3. The van der Waals surface area contributed by atoms with E-state index in [0.717, 1.165) is 9.35 Å². The van der Waals surface area contributed by atoms with Gasteiger partial charge in [0.15, 0.2) is 17.7 Å². The minimum Gasteiger partial charge on any atom is -0.394 e. The van der Waals surface area contributed by atoms with Gasteiger partial charge in [0.25, 0.3) is 5.95 Å². The van der Waals surface area contributed by atoms with E-state index in [1.54, 1.807) is 11.3 Å². The molecule has 1 aliphatic heterocycles. The normalized spacial score (nSPS) is 25.3. The van der Waals surface area contributed by atoms with Gasteiger partial charge < -0.3 is 25.8 Å². The molecular formula is C15H16BrN7O4S. The van der Waals surface area contributed by atoms with Crippen molar-refractivity contribution in [1.82, 2.24) is 19.5 Å². The molecule has 0 aliphatic carbocycles. The summed E-state index contributed by atoms with van der Waals surface area (Å²) in [5.41, 5.74) is 6.52. The summed E-state index contributed by atoms with van der Waals surface area (Å²) < 4.78 is 7.92. The van der Waals surface area contributed by atoms with Crippen LogP contribution in [0.2, 0.25) is 0 Å². The zero-order chi connectivity index (χ0) is 19.8. The zero-order valence-electron chi connectivity index (χ0n) is 14.3. The van der Waals surface area contributed by atoms with Crippen LogP contribution in [0.3, 0.4) is 0 Å². The van der Waals surface area contributed by atoms with Crippen molar-refractivity contribution in [2.24, 2.45) is 10.2 Å². The van der Waals surface area contributed by atoms with Crippen LogP contribution >= 0.6 is 27.3 Å². The number of thiophene rings is 1. The molecule has 3 aromatic heterocycles. The number of aliphatic hydroxyl groups is 3. The minimum atomic E-state index is -1.27. The maximum absolute atomic E-state index is 10.2. The fraction of sp³-hybridized carbons (Fsp3) is 0.400. The maximum atomic E-state index is 10.2. The lowest BCUT2D eigenvalue weighted by molar-refractivity contribution is -0.0511. The molecule has 4 atom stereocenters. The lowest BCUT2D eigenvalue weighted by Gasteiger charge is -2.16. The number of hydrogen-bond donors (Lipinski definition) is 4. The zero-order valence-corrected chi connectivity index (χ0v) is 16.7. The Morgan fingerprint density at radius 2 is 2.14 bits per heavy atom. The number of rotatable bonds is 5. The summed E-state index contributed by atoms with van der Waals surface area (Å²) in [4.78, 5) is 13.5. The number of nitrogens with zero attached hydrogens (tertiary/aromatic N) is 6. The van der Waals surface area contributed by atoms with Crippen LogP contribution in [0.15, 0.2) is 32.5 Å². The van der Waals surface area contributed by atoms with Gasteiger partial charge in [-0.2, -0.15) is 15.1 Å². The van der Waals surface area contributed by atoms with Crippen LogP contribution in [0, 0.1) is 0 Å². The summed E-state index contributed by atoms with van der Waals surface area (Å²) in [6, 6.07) is 1.94. The molecule has 1 unspecified atom stereocenters. The summed E-state index contributed by atoms with van der Waals surface area (Å²) in [6.45, 7) is -0.0670. The number of nitrogen functional groups attached to an aromatic ring is 1. The average molecular weight is 470 g/mol. The van der Waals surface area contributed by atoms with E-state index >= 15 is 0 Å². The van der Waals surface area contributed by atoms with Gasteiger partial charge in [0.2, 0.25) is 0 Å². The van der Waals surface area contributed by atoms with Gasteiger partial charge in [-0.1, -0.05) is 0 Å². The molecule has 5 N–H and O–H groups in total. The van der Waals surface area contributed by atoms with Crippen molar-refractivity contribution in [3.63, 3.8) is 0 Å². The van der Waals surface area contributed by atoms with Gasteiger partial charge in [-0.05, 0) is 22.0 Å². The summed E-state index contributed by atoms with van der Waals surface area (Å²) in [6.07, 6.45) is -3.04. The van der Waals surface area contributed by atoms with Crippen LogP contribution in [0.4, 0.5) is 11.8 Å². The fourth-order valence-corrected chi connectivity index (χ4v) is 4.24. The van der Waals surface area contributed by atoms with Gasteiger partial charge in [-0.3, -0.25) is 4.57 Å². The molecule has 11 nitrogen and oxygen atoms in total. The van der Waals surface area contributed by atoms with E-state index in [1.807, 2.05) is 11.4 Å². The molecule has 4 heterocycles. The predicted molar refractivity (Wildman–Crippen MR) is 103 cm³/mol. The van der Waals surface area contributed by atoms with Crippen LogP contribution in [-0.2, 0) is 11.3 Å². The van der Waals surface area contributed by atoms with E-state index < -0.39 is 31.1 Å². The molecular weight excluding hydrogens is 454 g/mol. The molecule has 3 aromatic rings. The molecule has 0 saturated carbocycles. The van der Waals surface area contributed by atoms with Crippen LogP contribution in [0.5, 0.6) is 0 Å². The molecule has 0 radical (unpaired) electrons. The maximum Gasteiger partial charge on any atom is 0.272 e. The number of imidazole rings is 1. The summed E-state index contributed by atoms with van der Waals surface area (Å²) >= 11 is 4.93. The van der Waals surface area contributed by atoms with Gasteiger partial charge in [0, 0.05) is 14.7 Å². The van der Waals surface area contributed by atoms with Gasteiger partial charge in [0.1, 0.15) is 23.8 Å². The molecule has 28 heavy (non-hydrogen) atoms. The number of ether oxygens (including phenoxy) is 1. The van der Waals surface area contributed by atoms with E-state index in [-0.39, 0.29) is 17.4 Å². The highest BCUT2D eigenvalue weighted by atomic mass is 79.9. The first kappa shape index (κ1) is 19.3. The summed E-state index contributed by atoms with van der Waals surface area (Å²) in [5.74, 6) is 0.137. The number of fused-ring (bicyclic) bond motifs is 1. The van der Waals surface area contributed by atoms with Crippen molar-refractivity contribution < 1.29 is 20.1 Å². The Bertz CT molecular complexity index is 1030. The van der Waals surface area contributed by atoms with Crippen LogP contribution in [0.1, 0.15) is 11.1 Å². The van der Waals surface area contributed by atoms with Gasteiger partial charge in [-0.25, -0.2) is 4.98 Å². The van der Waals surface area contributed by atoms with Crippen molar-refractivity contribution in [2.75, 3.05) is 12.3 Å². The molecule has 0 bridgehead atoms. The van der Waals surface area contributed by atoms with Crippen LogP contribution < -0.4 is 5.73 Å². The third kappa shape index (κ3) is 3.52. The quantitative estimate of drug-likeness (QED) is 0.403. The van der Waals surface area contributed by atoms with Crippen molar-refractivity contribution in [3.05, 3.63) is 27.1 Å². The SMILES string of the molecule is Nc1nc(N=NCc2cc(Br)cs2)nc2c1ncn2C1O[C@H](CO)[C@@H](O)[C@H]1O. The molecule has 0 amide bonds. The summed E-state index contributed by atoms with van der Waals surface area (Å²) in [7, 11) is 0. The van der Waals surface area contributed by atoms with Crippen LogP contribution in [-0.4, -0.2) is 59.8 Å². The lowest BCUT2D eigenvalue weighted by atomic mass is 10.1. The second kappa shape index (κ2) is 7.77. The van der Waals surface area contributed by atoms with Crippen molar-refractivity contribution in [1.29, 1.82) is 0 Å².